The molecule has 0 aliphatic heterocycles. The Bertz CT molecular complexity index is 697. The monoisotopic (exact) mass is 365 g/mol. The van der Waals surface area contributed by atoms with Gasteiger partial charge in [-0.25, -0.2) is 0 Å². The van der Waals surface area contributed by atoms with E-state index in [0.717, 1.165) is 26.7 Å². The van der Waals surface area contributed by atoms with Crippen molar-refractivity contribution in [3.63, 3.8) is 0 Å². The molecule has 110 valence electrons. The Hall–Kier alpha value is -1.32. The summed E-state index contributed by atoms with van der Waals surface area (Å²) >= 11 is 9.55. The Kier molecular flexibility index (Phi) is 5.07. The highest BCUT2D eigenvalue weighted by Crippen LogP contribution is 2.29. The molecular formula is C17H17BrClNO. The zero-order valence-corrected chi connectivity index (χ0v) is 14.6. The molecule has 1 N–H and O–H groups in total. The van der Waals surface area contributed by atoms with E-state index in [9.17, 15) is 4.79 Å². The van der Waals surface area contributed by atoms with Crippen LogP contribution in [-0.4, -0.2) is 5.91 Å². The number of rotatable bonds is 3. The van der Waals surface area contributed by atoms with E-state index in [0.29, 0.717) is 17.1 Å². The molecule has 0 aromatic heterocycles. The van der Waals surface area contributed by atoms with Gasteiger partial charge in [-0.1, -0.05) is 35.4 Å². The average molecular weight is 367 g/mol. The smallest absolute Gasteiger partial charge is 0.228 e. The van der Waals surface area contributed by atoms with Crippen molar-refractivity contribution >= 4 is 39.1 Å². The van der Waals surface area contributed by atoms with Crippen molar-refractivity contribution in [2.24, 2.45) is 0 Å². The minimum absolute atomic E-state index is 0.0516. The van der Waals surface area contributed by atoms with Crippen LogP contribution in [0.1, 0.15) is 22.3 Å². The molecule has 2 aromatic rings. The van der Waals surface area contributed by atoms with E-state index >= 15 is 0 Å². The molecule has 0 atom stereocenters. The molecule has 0 aliphatic carbocycles. The van der Waals surface area contributed by atoms with Gasteiger partial charge in [0.1, 0.15) is 0 Å². The van der Waals surface area contributed by atoms with Crippen LogP contribution >= 0.6 is 27.5 Å². The predicted octanol–water partition coefficient (Wildman–Crippen LogP) is 5.21. The SMILES string of the molecule is Cc1ccc(C)c(CC(=O)Nc2cc(Cl)c(C)cc2Br)c1. The lowest BCUT2D eigenvalue weighted by Crippen LogP contribution is -2.15. The van der Waals surface area contributed by atoms with Gasteiger partial charge in [0.15, 0.2) is 0 Å². The standard InChI is InChI=1S/C17H17BrClNO/c1-10-4-5-11(2)13(6-10)8-17(21)20-16-9-15(19)12(3)7-14(16)18/h4-7,9H,8H2,1-3H3,(H,20,21). The molecule has 0 bridgehead atoms. The first-order chi connectivity index (χ1) is 9.86. The molecule has 2 nitrogen and oxygen atoms in total. The molecule has 2 aromatic carbocycles. The molecule has 0 spiro atoms. The van der Waals surface area contributed by atoms with Crippen molar-refractivity contribution in [2.45, 2.75) is 27.2 Å². The first-order valence-corrected chi connectivity index (χ1v) is 7.85. The van der Waals surface area contributed by atoms with Crippen LogP contribution in [0.4, 0.5) is 5.69 Å². The van der Waals surface area contributed by atoms with Crippen LogP contribution in [-0.2, 0) is 11.2 Å². The van der Waals surface area contributed by atoms with Crippen molar-refractivity contribution in [3.05, 3.63) is 62.1 Å². The third-order valence-corrected chi connectivity index (χ3v) is 4.44. The van der Waals surface area contributed by atoms with Gasteiger partial charge in [-0.3, -0.25) is 4.79 Å². The molecular weight excluding hydrogens is 350 g/mol. The predicted molar refractivity (Wildman–Crippen MR) is 92.1 cm³/mol. The van der Waals surface area contributed by atoms with Crippen LogP contribution < -0.4 is 5.32 Å². The Balaban J connectivity index is 2.15. The number of nitrogens with one attached hydrogen (secondary N) is 1. The van der Waals surface area contributed by atoms with Gasteiger partial charge >= 0.3 is 0 Å². The maximum absolute atomic E-state index is 12.2. The van der Waals surface area contributed by atoms with E-state index < -0.39 is 0 Å². The number of hydrogen-bond donors (Lipinski definition) is 1. The number of aryl methyl sites for hydroxylation is 3. The highest BCUT2D eigenvalue weighted by Gasteiger charge is 2.10. The first-order valence-electron chi connectivity index (χ1n) is 6.68. The second kappa shape index (κ2) is 6.63. The molecule has 0 radical (unpaired) electrons. The number of benzene rings is 2. The van der Waals surface area contributed by atoms with Crippen LogP contribution in [0, 0.1) is 20.8 Å². The van der Waals surface area contributed by atoms with E-state index in [1.807, 2.05) is 45.0 Å². The molecule has 4 heteroatoms. The molecule has 0 aliphatic rings. The molecule has 2 rings (SSSR count). The van der Waals surface area contributed by atoms with Gasteiger partial charge < -0.3 is 5.32 Å². The molecule has 0 unspecified atom stereocenters. The minimum Gasteiger partial charge on any atom is -0.325 e. The number of halogens is 2. The van der Waals surface area contributed by atoms with Gasteiger partial charge in [0.2, 0.25) is 5.91 Å². The van der Waals surface area contributed by atoms with Gasteiger partial charge in [-0.2, -0.15) is 0 Å². The van der Waals surface area contributed by atoms with Crippen molar-refractivity contribution in [2.75, 3.05) is 5.32 Å². The normalized spacial score (nSPS) is 10.5. The van der Waals surface area contributed by atoms with Crippen LogP contribution in [0.15, 0.2) is 34.8 Å². The first kappa shape index (κ1) is 16.1. The third kappa shape index (κ3) is 4.08. The van der Waals surface area contributed by atoms with Gasteiger partial charge in [-0.15, -0.1) is 0 Å². The van der Waals surface area contributed by atoms with Gasteiger partial charge in [0, 0.05) is 9.50 Å². The van der Waals surface area contributed by atoms with Crippen molar-refractivity contribution in [3.8, 4) is 0 Å². The van der Waals surface area contributed by atoms with Crippen LogP contribution in [0.2, 0.25) is 5.02 Å². The highest BCUT2D eigenvalue weighted by atomic mass is 79.9. The van der Waals surface area contributed by atoms with E-state index in [2.05, 4.69) is 21.2 Å². The summed E-state index contributed by atoms with van der Waals surface area (Å²) in [7, 11) is 0. The van der Waals surface area contributed by atoms with Crippen LogP contribution in [0.3, 0.4) is 0 Å². The van der Waals surface area contributed by atoms with Crippen LogP contribution in [0.25, 0.3) is 0 Å². The maximum Gasteiger partial charge on any atom is 0.228 e. The summed E-state index contributed by atoms with van der Waals surface area (Å²) in [4.78, 5) is 12.2. The van der Waals surface area contributed by atoms with Crippen LogP contribution in [0.5, 0.6) is 0 Å². The van der Waals surface area contributed by atoms with E-state index in [1.54, 1.807) is 6.07 Å². The summed E-state index contributed by atoms with van der Waals surface area (Å²) in [5, 5.41) is 3.54. The summed E-state index contributed by atoms with van der Waals surface area (Å²) in [5.74, 6) is -0.0516. The molecule has 0 fully saturated rings. The lowest BCUT2D eigenvalue weighted by atomic mass is 10.0. The summed E-state index contributed by atoms with van der Waals surface area (Å²) in [6, 6.07) is 9.80. The highest BCUT2D eigenvalue weighted by molar-refractivity contribution is 9.10. The Morgan fingerprint density at radius 3 is 2.57 bits per heavy atom. The summed E-state index contributed by atoms with van der Waals surface area (Å²) < 4.78 is 0.832. The topological polar surface area (TPSA) is 29.1 Å². The molecule has 0 saturated heterocycles. The fraction of sp³-hybridized carbons (Fsp3) is 0.235. The Morgan fingerprint density at radius 2 is 1.86 bits per heavy atom. The minimum atomic E-state index is -0.0516. The van der Waals surface area contributed by atoms with Gasteiger partial charge in [0.25, 0.3) is 0 Å². The number of anilines is 1. The number of carbonyl (C=O) groups excluding carboxylic acids is 1. The number of amides is 1. The van der Waals surface area contributed by atoms with Gasteiger partial charge in [0.05, 0.1) is 12.1 Å². The third-order valence-electron chi connectivity index (χ3n) is 3.38. The van der Waals surface area contributed by atoms with Crippen molar-refractivity contribution in [1.29, 1.82) is 0 Å². The fourth-order valence-corrected chi connectivity index (χ4v) is 2.82. The van der Waals surface area contributed by atoms with E-state index in [1.165, 1.54) is 0 Å². The molecule has 0 heterocycles. The summed E-state index contributed by atoms with van der Waals surface area (Å²) in [6.07, 6.45) is 0.353. The second-order valence-corrected chi connectivity index (χ2v) is 6.50. The largest absolute Gasteiger partial charge is 0.325 e. The maximum atomic E-state index is 12.2. The number of hydrogen-bond acceptors (Lipinski definition) is 1. The second-order valence-electron chi connectivity index (χ2n) is 5.24. The van der Waals surface area contributed by atoms with Crippen molar-refractivity contribution < 1.29 is 4.79 Å². The molecule has 21 heavy (non-hydrogen) atoms. The van der Waals surface area contributed by atoms with Gasteiger partial charge in [-0.05, 0) is 65.5 Å². The Labute approximate surface area is 138 Å². The van der Waals surface area contributed by atoms with Crippen molar-refractivity contribution in [1.82, 2.24) is 0 Å². The quantitative estimate of drug-likeness (QED) is 0.794. The summed E-state index contributed by atoms with van der Waals surface area (Å²) in [6.45, 7) is 5.96. The lowest BCUT2D eigenvalue weighted by molar-refractivity contribution is -0.115. The summed E-state index contributed by atoms with van der Waals surface area (Å²) in [5.41, 5.74) is 4.98. The zero-order valence-electron chi connectivity index (χ0n) is 12.3. The lowest BCUT2D eigenvalue weighted by Gasteiger charge is -2.11. The molecule has 1 amide bonds. The number of carbonyl (C=O) groups is 1. The average Bonchev–Trinajstić information content (AvgIpc) is 2.40. The van der Waals surface area contributed by atoms with E-state index in [-0.39, 0.29) is 5.91 Å². The fourth-order valence-electron chi connectivity index (χ4n) is 2.10. The van der Waals surface area contributed by atoms with E-state index in [4.69, 9.17) is 11.6 Å². The Morgan fingerprint density at radius 1 is 1.14 bits per heavy atom. The zero-order chi connectivity index (χ0) is 15.6. The molecule has 0 saturated carbocycles.